The topological polar surface area (TPSA) is 61.2 Å². The Hall–Kier alpha value is -3.78. The van der Waals surface area contributed by atoms with E-state index in [9.17, 15) is 4.39 Å². The number of methoxy groups -OCH3 is 1. The Morgan fingerprint density at radius 2 is 1.77 bits per heavy atom. The average Bonchev–Trinajstić information content (AvgIpc) is 3.31. The van der Waals surface area contributed by atoms with Crippen molar-refractivity contribution in [3.63, 3.8) is 0 Å². The zero-order chi connectivity index (χ0) is 24.1. The molecule has 0 saturated heterocycles. The molecule has 0 radical (unpaired) electrons. The minimum atomic E-state index is -0.449. The molecule has 3 heterocycles. The molecule has 2 aliphatic rings. The second-order valence-corrected chi connectivity index (χ2v) is 9.32. The quantitative estimate of drug-likeness (QED) is 0.356. The first-order valence-corrected chi connectivity index (χ1v) is 12.5. The number of ether oxygens (including phenoxy) is 2. The molecule has 3 aromatic carbocycles. The molecule has 0 fully saturated rings. The van der Waals surface area contributed by atoms with E-state index in [4.69, 9.17) is 19.6 Å². The second-order valence-electron chi connectivity index (χ2n) is 8.55. The van der Waals surface area contributed by atoms with Gasteiger partial charge in [0.15, 0.2) is 0 Å². The van der Waals surface area contributed by atoms with Crippen molar-refractivity contribution >= 4 is 23.4 Å². The van der Waals surface area contributed by atoms with E-state index in [-0.39, 0.29) is 11.9 Å². The number of halogens is 1. The fourth-order valence-corrected chi connectivity index (χ4v) is 5.08. The predicted octanol–water partition coefficient (Wildman–Crippen LogP) is 6.02. The third-order valence-corrected chi connectivity index (χ3v) is 6.93. The van der Waals surface area contributed by atoms with Gasteiger partial charge in [-0.2, -0.15) is 4.98 Å². The maximum absolute atomic E-state index is 13.8. The molecule has 2 atom stereocenters. The summed E-state index contributed by atoms with van der Waals surface area (Å²) in [6.07, 6.45) is 1.51. The van der Waals surface area contributed by atoms with Crippen LogP contribution in [-0.2, 0) is 0 Å². The van der Waals surface area contributed by atoms with Gasteiger partial charge < -0.3 is 14.8 Å². The first-order valence-electron chi connectivity index (χ1n) is 11.2. The number of fused-ring (bicyclic) bond motifs is 3. The van der Waals surface area contributed by atoms with Crippen LogP contribution in [0.4, 0.5) is 10.3 Å². The van der Waals surface area contributed by atoms with Crippen LogP contribution in [-0.4, -0.2) is 28.1 Å². The van der Waals surface area contributed by atoms with E-state index in [1.54, 1.807) is 19.2 Å². The summed E-state index contributed by atoms with van der Waals surface area (Å²) in [4.78, 5) is 4.73. The Morgan fingerprint density at radius 1 is 1.03 bits per heavy atom. The van der Waals surface area contributed by atoms with Crippen molar-refractivity contribution in [2.24, 2.45) is 0 Å². The number of benzene rings is 3. The summed E-state index contributed by atoms with van der Waals surface area (Å²) < 4.78 is 27.7. The summed E-state index contributed by atoms with van der Waals surface area (Å²) in [6, 6.07) is 20.3. The SMILES string of the molecule is COc1ccc([C@@H]2C3=C(Nc4nc(SC)nn42)c2cc(C)ccc2O[C@@H]3c2ccc(F)cc2)cc1. The van der Waals surface area contributed by atoms with Crippen LogP contribution < -0.4 is 14.8 Å². The highest BCUT2D eigenvalue weighted by Crippen LogP contribution is 2.51. The van der Waals surface area contributed by atoms with E-state index < -0.39 is 6.10 Å². The van der Waals surface area contributed by atoms with Crippen molar-refractivity contribution in [3.05, 3.63) is 100 Å². The van der Waals surface area contributed by atoms with Gasteiger partial charge in [-0.25, -0.2) is 9.07 Å². The molecule has 0 unspecified atom stereocenters. The van der Waals surface area contributed by atoms with Crippen molar-refractivity contribution in [2.45, 2.75) is 24.2 Å². The molecule has 35 heavy (non-hydrogen) atoms. The van der Waals surface area contributed by atoms with Gasteiger partial charge in [0.05, 0.1) is 12.8 Å². The number of hydrogen-bond acceptors (Lipinski definition) is 6. The van der Waals surface area contributed by atoms with Crippen LogP contribution in [0, 0.1) is 12.7 Å². The first kappa shape index (κ1) is 21.7. The molecule has 2 aliphatic heterocycles. The minimum absolute atomic E-state index is 0.286. The Bertz CT molecular complexity index is 1450. The Kier molecular flexibility index (Phi) is 5.25. The molecule has 0 spiro atoms. The van der Waals surface area contributed by atoms with Gasteiger partial charge in [-0.3, -0.25) is 0 Å². The van der Waals surface area contributed by atoms with Gasteiger partial charge in [0.2, 0.25) is 11.1 Å². The van der Waals surface area contributed by atoms with Crippen LogP contribution in [0.15, 0.2) is 77.5 Å². The number of aromatic nitrogens is 3. The summed E-state index contributed by atoms with van der Waals surface area (Å²) in [5, 5.41) is 9.02. The van der Waals surface area contributed by atoms with Gasteiger partial charge in [0, 0.05) is 11.1 Å². The Labute approximate surface area is 206 Å². The molecule has 0 bridgehead atoms. The van der Waals surface area contributed by atoms with E-state index in [1.165, 1.54) is 23.9 Å². The maximum Gasteiger partial charge on any atom is 0.227 e. The van der Waals surface area contributed by atoms with E-state index in [1.807, 2.05) is 47.3 Å². The molecule has 0 aliphatic carbocycles. The van der Waals surface area contributed by atoms with Crippen LogP contribution in [0.5, 0.6) is 11.5 Å². The van der Waals surface area contributed by atoms with Gasteiger partial charge in [0.1, 0.15) is 29.5 Å². The smallest absolute Gasteiger partial charge is 0.227 e. The molecule has 0 amide bonds. The molecule has 8 heteroatoms. The van der Waals surface area contributed by atoms with Crippen molar-refractivity contribution in [2.75, 3.05) is 18.7 Å². The highest BCUT2D eigenvalue weighted by Gasteiger charge is 2.41. The van der Waals surface area contributed by atoms with Crippen LogP contribution in [0.2, 0.25) is 0 Å². The molecule has 6 nitrogen and oxygen atoms in total. The third-order valence-electron chi connectivity index (χ3n) is 6.40. The summed E-state index contributed by atoms with van der Waals surface area (Å²) in [5.41, 5.74) is 5.91. The number of rotatable bonds is 4. The summed E-state index contributed by atoms with van der Waals surface area (Å²) in [6.45, 7) is 2.06. The van der Waals surface area contributed by atoms with E-state index >= 15 is 0 Å². The Morgan fingerprint density at radius 3 is 2.49 bits per heavy atom. The molecule has 1 N–H and O–H groups in total. The third kappa shape index (κ3) is 3.65. The average molecular weight is 487 g/mol. The van der Waals surface area contributed by atoms with E-state index in [0.717, 1.165) is 45.0 Å². The van der Waals surface area contributed by atoms with Crippen LogP contribution in [0.1, 0.15) is 34.4 Å². The van der Waals surface area contributed by atoms with Crippen molar-refractivity contribution in [1.82, 2.24) is 14.8 Å². The van der Waals surface area contributed by atoms with E-state index in [2.05, 4.69) is 18.3 Å². The fourth-order valence-electron chi connectivity index (χ4n) is 4.73. The molecule has 0 saturated carbocycles. The monoisotopic (exact) mass is 486 g/mol. The number of thioether (sulfide) groups is 1. The zero-order valence-electron chi connectivity index (χ0n) is 19.4. The minimum Gasteiger partial charge on any atom is -0.497 e. The number of hydrogen-bond donors (Lipinski definition) is 1. The number of nitrogens with zero attached hydrogens (tertiary/aromatic N) is 3. The normalized spacial score (nSPS) is 18.2. The van der Waals surface area contributed by atoms with Crippen LogP contribution in [0.25, 0.3) is 5.70 Å². The summed E-state index contributed by atoms with van der Waals surface area (Å²) in [7, 11) is 1.65. The lowest BCUT2D eigenvalue weighted by Gasteiger charge is -2.39. The highest BCUT2D eigenvalue weighted by molar-refractivity contribution is 7.98. The molecule has 6 rings (SSSR count). The molecule has 176 valence electrons. The van der Waals surface area contributed by atoms with E-state index in [0.29, 0.717) is 11.1 Å². The predicted molar refractivity (Wildman–Crippen MR) is 134 cm³/mol. The number of anilines is 1. The molecular formula is C27H23FN4O2S. The largest absolute Gasteiger partial charge is 0.497 e. The van der Waals surface area contributed by atoms with Gasteiger partial charge >= 0.3 is 0 Å². The standard InChI is InChI=1S/C27H23FN4O2S/c1-15-4-13-21-20(14-15)23-22(25(34-21)17-5-9-18(28)10-6-17)24(16-7-11-19(33-2)12-8-16)32-26(29-23)30-27(31-32)35-3/h4-14,24-25H,1-3H3,(H,29,30,31)/t24-,25-/m1/s1. The van der Waals surface area contributed by atoms with Gasteiger partial charge in [-0.1, -0.05) is 47.7 Å². The highest BCUT2D eigenvalue weighted by atomic mass is 32.2. The maximum atomic E-state index is 13.8. The Balaban J connectivity index is 1.62. The molecular weight excluding hydrogens is 463 g/mol. The molecule has 1 aromatic heterocycles. The first-order chi connectivity index (χ1) is 17.1. The molecule has 4 aromatic rings. The second kappa shape index (κ2) is 8.46. The lowest BCUT2D eigenvalue weighted by molar-refractivity contribution is 0.222. The van der Waals surface area contributed by atoms with Gasteiger partial charge in [0.25, 0.3) is 0 Å². The zero-order valence-corrected chi connectivity index (χ0v) is 20.3. The number of aryl methyl sites for hydroxylation is 1. The summed E-state index contributed by atoms with van der Waals surface area (Å²) >= 11 is 1.49. The summed E-state index contributed by atoms with van der Waals surface area (Å²) in [5.74, 6) is 1.92. The van der Waals surface area contributed by atoms with Gasteiger partial charge in [-0.05, 0) is 60.7 Å². The van der Waals surface area contributed by atoms with Gasteiger partial charge in [-0.15, -0.1) is 5.10 Å². The van der Waals surface area contributed by atoms with Crippen molar-refractivity contribution in [3.8, 4) is 11.5 Å². The van der Waals surface area contributed by atoms with Crippen LogP contribution in [0.3, 0.4) is 0 Å². The van der Waals surface area contributed by atoms with Crippen molar-refractivity contribution < 1.29 is 13.9 Å². The van der Waals surface area contributed by atoms with Crippen LogP contribution >= 0.6 is 11.8 Å². The fraction of sp³-hybridized carbons (Fsp3) is 0.185. The van der Waals surface area contributed by atoms with Crippen molar-refractivity contribution in [1.29, 1.82) is 0 Å². The lowest BCUT2D eigenvalue weighted by Crippen LogP contribution is -2.32. The number of nitrogens with one attached hydrogen (secondary N) is 1. The lowest BCUT2D eigenvalue weighted by atomic mass is 9.84.